The number of thiazole rings is 1. The first-order valence-electron chi connectivity index (χ1n) is 8.27. The molecule has 130 valence electrons. The summed E-state index contributed by atoms with van der Waals surface area (Å²) in [7, 11) is 0. The predicted molar refractivity (Wildman–Crippen MR) is 100 cm³/mol. The minimum absolute atomic E-state index is 0. The fourth-order valence-electron chi connectivity index (χ4n) is 3.19. The Morgan fingerprint density at radius 2 is 1.92 bits per heavy atom. The molecule has 24 heavy (non-hydrogen) atoms. The highest BCUT2D eigenvalue weighted by atomic mass is 35.5. The molecule has 2 N–H and O–H groups in total. The van der Waals surface area contributed by atoms with Crippen LogP contribution < -0.4 is 5.73 Å². The molecule has 1 aromatic heterocycles. The van der Waals surface area contributed by atoms with E-state index in [4.69, 9.17) is 5.73 Å². The molecule has 0 aliphatic heterocycles. The number of rotatable bonds is 5. The highest BCUT2D eigenvalue weighted by Gasteiger charge is 2.27. The first kappa shape index (κ1) is 18.9. The lowest BCUT2D eigenvalue weighted by molar-refractivity contribution is 0.0609. The first-order valence-corrected chi connectivity index (χ1v) is 9.15. The molecule has 0 bridgehead atoms. The first-order chi connectivity index (χ1) is 11.3. The zero-order valence-electron chi connectivity index (χ0n) is 13.7. The van der Waals surface area contributed by atoms with Crippen molar-refractivity contribution in [2.45, 2.75) is 51.2 Å². The minimum Gasteiger partial charge on any atom is -0.330 e. The van der Waals surface area contributed by atoms with Crippen LogP contribution in [0.1, 0.15) is 53.2 Å². The van der Waals surface area contributed by atoms with Gasteiger partial charge in [-0.2, -0.15) is 0 Å². The molecule has 3 rings (SSSR count). The summed E-state index contributed by atoms with van der Waals surface area (Å²) in [4.78, 5) is 19.4. The Hall–Kier alpha value is -1.43. The summed E-state index contributed by atoms with van der Waals surface area (Å²) in [6, 6.07) is 10.5. The van der Waals surface area contributed by atoms with Crippen LogP contribution >= 0.6 is 23.7 Å². The van der Waals surface area contributed by atoms with Gasteiger partial charge in [-0.05, 0) is 18.4 Å². The van der Waals surface area contributed by atoms with E-state index in [9.17, 15) is 4.79 Å². The smallest absolute Gasteiger partial charge is 0.273 e. The molecule has 0 radical (unpaired) electrons. The molecule has 1 aliphatic rings. The number of carbonyl (C=O) groups is 1. The molecule has 1 amide bonds. The van der Waals surface area contributed by atoms with E-state index in [-0.39, 0.29) is 18.3 Å². The Balaban J connectivity index is 0.00000208. The maximum Gasteiger partial charge on any atom is 0.273 e. The third-order valence-corrected chi connectivity index (χ3v) is 5.29. The van der Waals surface area contributed by atoms with E-state index < -0.39 is 0 Å². The Bertz CT molecular complexity index is 641. The van der Waals surface area contributed by atoms with Crippen LogP contribution in [0.4, 0.5) is 0 Å². The molecular weight excluding hydrogens is 342 g/mol. The topological polar surface area (TPSA) is 59.2 Å². The lowest BCUT2D eigenvalue weighted by atomic mass is 9.93. The van der Waals surface area contributed by atoms with Gasteiger partial charge in [-0.3, -0.25) is 4.79 Å². The van der Waals surface area contributed by atoms with Crippen molar-refractivity contribution in [3.05, 3.63) is 52.0 Å². The molecule has 0 spiro atoms. The standard InChI is InChI=1S/C18H23N3OS.ClH/c19-11-17-20-16(13-23-17)18(22)21(15-9-5-2-6-10-15)12-14-7-3-1-4-8-14;/h1,3-4,7-8,13,15H,2,5-6,9-12,19H2;1H. The van der Waals surface area contributed by atoms with Gasteiger partial charge in [0, 0.05) is 24.5 Å². The van der Waals surface area contributed by atoms with Crippen molar-refractivity contribution in [2.75, 3.05) is 0 Å². The van der Waals surface area contributed by atoms with Gasteiger partial charge in [-0.25, -0.2) is 4.98 Å². The highest BCUT2D eigenvalue weighted by molar-refractivity contribution is 7.09. The van der Waals surface area contributed by atoms with Crippen LogP contribution in [0, 0.1) is 0 Å². The molecule has 0 saturated heterocycles. The van der Waals surface area contributed by atoms with E-state index in [0.717, 1.165) is 17.8 Å². The van der Waals surface area contributed by atoms with Crippen molar-refractivity contribution in [1.82, 2.24) is 9.88 Å². The van der Waals surface area contributed by atoms with Crippen molar-refractivity contribution in [3.63, 3.8) is 0 Å². The lowest BCUT2D eigenvalue weighted by Gasteiger charge is -2.34. The average Bonchev–Trinajstić information content (AvgIpc) is 3.10. The maximum absolute atomic E-state index is 13.0. The van der Waals surface area contributed by atoms with Crippen molar-refractivity contribution in [3.8, 4) is 0 Å². The zero-order chi connectivity index (χ0) is 16.1. The third kappa shape index (κ3) is 4.56. The Labute approximate surface area is 153 Å². The molecule has 1 fully saturated rings. The predicted octanol–water partition coefficient (Wildman–Crippen LogP) is 4.00. The van der Waals surface area contributed by atoms with Crippen LogP contribution in [0.25, 0.3) is 0 Å². The number of aromatic nitrogens is 1. The monoisotopic (exact) mass is 365 g/mol. The van der Waals surface area contributed by atoms with E-state index in [2.05, 4.69) is 17.1 Å². The summed E-state index contributed by atoms with van der Waals surface area (Å²) < 4.78 is 0. The summed E-state index contributed by atoms with van der Waals surface area (Å²) in [5, 5.41) is 2.65. The second-order valence-corrected chi connectivity index (χ2v) is 6.98. The van der Waals surface area contributed by atoms with Gasteiger partial charge in [-0.15, -0.1) is 23.7 Å². The van der Waals surface area contributed by atoms with Crippen LogP contribution in [0.3, 0.4) is 0 Å². The second kappa shape index (κ2) is 9.16. The van der Waals surface area contributed by atoms with Crippen LogP contribution in [0.5, 0.6) is 0 Å². The van der Waals surface area contributed by atoms with Gasteiger partial charge in [0.25, 0.3) is 5.91 Å². The molecule has 6 heteroatoms. The Morgan fingerprint density at radius 1 is 1.21 bits per heavy atom. The molecule has 1 saturated carbocycles. The molecule has 1 aliphatic carbocycles. The van der Waals surface area contributed by atoms with Gasteiger partial charge in [0.05, 0.1) is 0 Å². The van der Waals surface area contributed by atoms with Crippen molar-refractivity contribution < 1.29 is 4.79 Å². The molecule has 1 heterocycles. The number of nitrogens with zero attached hydrogens (tertiary/aromatic N) is 2. The van der Waals surface area contributed by atoms with Crippen LogP contribution in [0.15, 0.2) is 35.7 Å². The van der Waals surface area contributed by atoms with Gasteiger partial charge >= 0.3 is 0 Å². The minimum atomic E-state index is 0. The van der Waals surface area contributed by atoms with Crippen LogP contribution in [-0.4, -0.2) is 21.8 Å². The molecular formula is C18H24ClN3OS. The summed E-state index contributed by atoms with van der Waals surface area (Å²) in [5.74, 6) is 0.0386. The number of halogens is 1. The van der Waals surface area contributed by atoms with Crippen molar-refractivity contribution >= 4 is 29.7 Å². The molecule has 4 nitrogen and oxygen atoms in total. The number of nitrogens with two attached hydrogens (primary N) is 1. The number of benzene rings is 1. The molecule has 0 unspecified atom stereocenters. The third-order valence-electron chi connectivity index (χ3n) is 4.42. The number of carbonyl (C=O) groups excluding carboxylic acids is 1. The average molecular weight is 366 g/mol. The van der Waals surface area contributed by atoms with E-state index in [0.29, 0.717) is 24.8 Å². The van der Waals surface area contributed by atoms with Gasteiger partial charge in [0.1, 0.15) is 10.7 Å². The van der Waals surface area contributed by atoms with Crippen LogP contribution in [-0.2, 0) is 13.1 Å². The van der Waals surface area contributed by atoms with Gasteiger partial charge in [0.15, 0.2) is 0 Å². The second-order valence-electron chi connectivity index (χ2n) is 6.04. The number of hydrogen-bond donors (Lipinski definition) is 1. The summed E-state index contributed by atoms with van der Waals surface area (Å²) in [5.41, 5.74) is 7.33. The summed E-state index contributed by atoms with van der Waals surface area (Å²) >= 11 is 1.46. The molecule has 2 aromatic rings. The lowest BCUT2D eigenvalue weighted by Crippen LogP contribution is -2.41. The molecule has 1 aromatic carbocycles. The fourth-order valence-corrected chi connectivity index (χ4v) is 3.84. The Morgan fingerprint density at radius 3 is 2.54 bits per heavy atom. The zero-order valence-corrected chi connectivity index (χ0v) is 15.3. The van der Waals surface area contributed by atoms with E-state index in [1.165, 1.54) is 36.2 Å². The quantitative estimate of drug-likeness (QED) is 0.871. The van der Waals surface area contributed by atoms with E-state index in [1.54, 1.807) is 0 Å². The van der Waals surface area contributed by atoms with Gasteiger partial charge in [0.2, 0.25) is 0 Å². The van der Waals surface area contributed by atoms with E-state index >= 15 is 0 Å². The number of amides is 1. The normalized spacial score (nSPS) is 14.9. The van der Waals surface area contributed by atoms with Crippen molar-refractivity contribution in [2.24, 2.45) is 5.73 Å². The largest absolute Gasteiger partial charge is 0.330 e. The molecule has 0 atom stereocenters. The maximum atomic E-state index is 13.0. The fraction of sp³-hybridized carbons (Fsp3) is 0.444. The summed E-state index contributed by atoms with van der Waals surface area (Å²) in [6.07, 6.45) is 5.86. The van der Waals surface area contributed by atoms with Gasteiger partial charge in [-0.1, -0.05) is 49.6 Å². The summed E-state index contributed by atoms with van der Waals surface area (Å²) in [6.45, 7) is 1.04. The number of hydrogen-bond acceptors (Lipinski definition) is 4. The van der Waals surface area contributed by atoms with E-state index in [1.807, 2.05) is 28.5 Å². The van der Waals surface area contributed by atoms with Gasteiger partial charge < -0.3 is 10.6 Å². The van der Waals surface area contributed by atoms with Crippen LogP contribution in [0.2, 0.25) is 0 Å². The Kier molecular flexibility index (Phi) is 7.21. The SMILES string of the molecule is Cl.NCc1nc(C(=O)N(Cc2ccccc2)C2CCCCC2)cs1. The van der Waals surface area contributed by atoms with Crippen molar-refractivity contribution in [1.29, 1.82) is 0 Å². The highest BCUT2D eigenvalue weighted by Crippen LogP contribution is 2.26.